The second-order valence-electron chi connectivity index (χ2n) is 9.11. The molecule has 0 heterocycles. The molecule has 0 saturated heterocycles. The number of hydrogen-bond donors (Lipinski definition) is 1. The number of amides is 2. The minimum absolute atomic E-state index is 0.110. The summed E-state index contributed by atoms with van der Waals surface area (Å²) >= 11 is 0. The van der Waals surface area contributed by atoms with Crippen LogP contribution in [0.2, 0.25) is 0 Å². The summed E-state index contributed by atoms with van der Waals surface area (Å²) in [5.41, 5.74) is 1.73. The molecule has 2 amide bonds. The average Bonchev–Trinajstić information content (AvgIpc) is 2.88. The quantitative estimate of drug-likeness (QED) is 0.486. The summed E-state index contributed by atoms with van der Waals surface area (Å²) in [4.78, 5) is 28.4. The maximum Gasteiger partial charge on any atom is 0.243 e. The minimum Gasteiger partial charge on any atom is -0.493 e. The summed E-state index contributed by atoms with van der Waals surface area (Å²) in [6, 6.07) is 11.3. The third-order valence-corrected chi connectivity index (χ3v) is 6.68. The van der Waals surface area contributed by atoms with E-state index in [9.17, 15) is 14.0 Å². The molecule has 0 unspecified atom stereocenters. The zero-order chi connectivity index (χ0) is 25.2. The molecule has 0 spiro atoms. The van der Waals surface area contributed by atoms with Gasteiger partial charge in [0.1, 0.15) is 11.9 Å². The van der Waals surface area contributed by atoms with Gasteiger partial charge in [0.25, 0.3) is 0 Å². The number of nitrogens with one attached hydrogen (secondary N) is 1. The van der Waals surface area contributed by atoms with Gasteiger partial charge in [-0.3, -0.25) is 9.59 Å². The van der Waals surface area contributed by atoms with Crippen molar-refractivity contribution in [1.29, 1.82) is 0 Å². The maximum atomic E-state index is 13.5. The molecule has 1 atom stereocenters. The number of halogens is 1. The van der Waals surface area contributed by atoms with Crippen molar-refractivity contribution < 1.29 is 23.5 Å². The van der Waals surface area contributed by atoms with Gasteiger partial charge in [0.05, 0.1) is 14.2 Å². The van der Waals surface area contributed by atoms with Crippen LogP contribution in [-0.4, -0.2) is 43.0 Å². The molecular formula is C28H37FN2O4. The molecule has 2 aromatic carbocycles. The summed E-state index contributed by atoms with van der Waals surface area (Å²) in [5, 5.41) is 3.18. The Hall–Kier alpha value is -3.09. The predicted molar refractivity (Wildman–Crippen MR) is 134 cm³/mol. The molecule has 0 bridgehead atoms. The van der Waals surface area contributed by atoms with E-state index >= 15 is 0 Å². The molecule has 6 nitrogen and oxygen atoms in total. The van der Waals surface area contributed by atoms with Crippen molar-refractivity contribution in [3.8, 4) is 11.5 Å². The van der Waals surface area contributed by atoms with Crippen molar-refractivity contribution in [2.24, 2.45) is 0 Å². The molecule has 0 aliphatic heterocycles. The van der Waals surface area contributed by atoms with Crippen molar-refractivity contribution in [3.63, 3.8) is 0 Å². The lowest BCUT2D eigenvalue weighted by Crippen LogP contribution is -2.51. The van der Waals surface area contributed by atoms with E-state index in [1.165, 1.54) is 18.6 Å². The van der Waals surface area contributed by atoms with E-state index in [0.29, 0.717) is 24.3 Å². The number of aryl methyl sites for hydroxylation is 1. The zero-order valence-electron chi connectivity index (χ0n) is 21.0. The Balaban J connectivity index is 1.76. The Morgan fingerprint density at radius 2 is 1.66 bits per heavy atom. The lowest BCUT2D eigenvalue weighted by atomic mass is 9.95. The molecular weight excluding hydrogens is 447 g/mol. The minimum atomic E-state index is -0.583. The first-order chi connectivity index (χ1) is 16.9. The predicted octanol–water partition coefficient (Wildman–Crippen LogP) is 5.03. The third-order valence-electron chi connectivity index (χ3n) is 6.68. The van der Waals surface area contributed by atoms with E-state index in [2.05, 4.69) is 5.32 Å². The fourth-order valence-corrected chi connectivity index (χ4v) is 4.68. The Bertz CT molecular complexity index is 973. The van der Waals surface area contributed by atoms with Crippen molar-refractivity contribution in [1.82, 2.24) is 10.2 Å². The van der Waals surface area contributed by atoms with Gasteiger partial charge in [0.15, 0.2) is 11.5 Å². The smallest absolute Gasteiger partial charge is 0.243 e. The number of ether oxygens (including phenoxy) is 2. The van der Waals surface area contributed by atoms with Crippen LogP contribution in [0.3, 0.4) is 0 Å². The topological polar surface area (TPSA) is 67.9 Å². The largest absolute Gasteiger partial charge is 0.493 e. The first-order valence-electron chi connectivity index (χ1n) is 12.5. The molecule has 0 radical (unpaired) electrons. The Morgan fingerprint density at radius 3 is 2.29 bits per heavy atom. The number of benzene rings is 2. The average molecular weight is 485 g/mol. The molecule has 1 aliphatic rings. The molecule has 0 aromatic heterocycles. The van der Waals surface area contributed by atoms with Crippen LogP contribution < -0.4 is 14.8 Å². The molecule has 7 heteroatoms. The fraction of sp³-hybridized carbons (Fsp3) is 0.500. The summed E-state index contributed by atoms with van der Waals surface area (Å²) in [6.45, 7) is 2.17. The lowest BCUT2D eigenvalue weighted by Gasteiger charge is -2.33. The molecule has 2 aromatic rings. The van der Waals surface area contributed by atoms with Crippen molar-refractivity contribution >= 4 is 11.8 Å². The number of carbonyl (C=O) groups is 2. The second kappa shape index (κ2) is 13.1. The highest BCUT2D eigenvalue weighted by Crippen LogP contribution is 2.28. The van der Waals surface area contributed by atoms with E-state index < -0.39 is 6.04 Å². The van der Waals surface area contributed by atoms with Gasteiger partial charge in [-0.2, -0.15) is 0 Å². The molecule has 1 saturated carbocycles. The van der Waals surface area contributed by atoms with Gasteiger partial charge in [-0.05, 0) is 61.1 Å². The molecule has 1 N–H and O–H groups in total. The number of hydrogen-bond acceptors (Lipinski definition) is 4. The lowest BCUT2D eigenvalue weighted by molar-refractivity contribution is -0.141. The zero-order valence-corrected chi connectivity index (χ0v) is 21.0. The van der Waals surface area contributed by atoms with Crippen molar-refractivity contribution in [2.75, 3.05) is 14.2 Å². The monoisotopic (exact) mass is 484 g/mol. The van der Waals surface area contributed by atoms with Crippen molar-refractivity contribution in [2.45, 2.75) is 76.9 Å². The van der Waals surface area contributed by atoms with E-state index in [-0.39, 0.29) is 36.6 Å². The van der Waals surface area contributed by atoms with E-state index in [0.717, 1.165) is 36.8 Å². The Kier molecular flexibility index (Phi) is 9.94. The third kappa shape index (κ3) is 7.44. The van der Waals surface area contributed by atoms with Gasteiger partial charge in [-0.25, -0.2) is 4.39 Å². The summed E-state index contributed by atoms with van der Waals surface area (Å²) in [5.74, 6) is 0.683. The SMILES string of the molecule is CC[C@H](C(=O)NC1CCCCC1)N(Cc1ccc(F)cc1)C(=O)CCc1ccc(OC)c(OC)c1. The first kappa shape index (κ1) is 26.5. The van der Waals surface area contributed by atoms with Crippen LogP contribution in [0.25, 0.3) is 0 Å². The van der Waals surface area contributed by atoms with E-state index in [1.807, 2.05) is 25.1 Å². The van der Waals surface area contributed by atoms with Gasteiger partial charge < -0.3 is 19.7 Å². The van der Waals surface area contributed by atoms with Crippen LogP contribution in [0, 0.1) is 5.82 Å². The van der Waals surface area contributed by atoms with Crippen LogP contribution >= 0.6 is 0 Å². The first-order valence-corrected chi connectivity index (χ1v) is 12.5. The highest BCUT2D eigenvalue weighted by molar-refractivity contribution is 5.88. The summed E-state index contributed by atoms with van der Waals surface area (Å²) < 4.78 is 24.1. The van der Waals surface area contributed by atoms with Gasteiger partial charge in [0, 0.05) is 19.0 Å². The summed E-state index contributed by atoms with van der Waals surface area (Å²) in [7, 11) is 3.16. The van der Waals surface area contributed by atoms with Crippen molar-refractivity contribution in [3.05, 3.63) is 59.4 Å². The second-order valence-corrected chi connectivity index (χ2v) is 9.11. The van der Waals surface area contributed by atoms with Gasteiger partial charge >= 0.3 is 0 Å². The standard InChI is InChI=1S/C28H37FN2O4/c1-4-24(28(33)30-23-8-6-5-7-9-23)31(19-21-10-14-22(29)15-11-21)27(32)17-13-20-12-16-25(34-2)26(18-20)35-3/h10-12,14-16,18,23-24H,4-9,13,17,19H2,1-3H3,(H,30,33)/t24-/m1/s1. The summed E-state index contributed by atoms with van der Waals surface area (Å²) in [6.07, 6.45) is 6.64. The van der Waals surface area contributed by atoms with Crippen LogP contribution in [0.15, 0.2) is 42.5 Å². The Morgan fingerprint density at radius 1 is 1.00 bits per heavy atom. The molecule has 190 valence electrons. The number of rotatable bonds is 11. The van der Waals surface area contributed by atoms with Gasteiger partial charge in [0.2, 0.25) is 11.8 Å². The normalized spacial score (nSPS) is 14.7. The number of carbonyl (C=O) groups excluding carboxylic acids is 2. The molecule has 3 rings (SSSR count). The molecule has 35 heavy (non-hydrogen) atoms. The highest BCUT2D eigenvalue weighted by Gasteiger charge is 2.30. The van der Waals surface area contributed by atoms with E-state index in [4.69, 9.17) is 9.47 Å². The number of methoxy groups -OCH3 is 2. The molecule has 1 aliphatic carbocycles. The van der Waals surface area contributed by atoms with Crippen LogP contribution in [0.4, 0.5) is 4.39 Å². The van der Waals surface area contributed by atoms with Gasteiger partial charge in [-0.1, -0.05) is 44.4 Å². The van der Waals surface area contributed by atoms with Crippen LogP contribution in [0.5, 0.6) is 11.5 Å². The highest BCUT2D eigenvalue weighted by atomic mass is 19.1. The maximum absolute atomic E-state index is 13.5. The fourth-order valence-electron chi connectivity index (χ4n) is 4.68. The van der Waals surface area contributed by atoms with Gasteiger partial charge in [-0.15, -0.1) is 0 Å². The Labute approximate surface area is 207 Å². The van der Waals surface area contributed by atoms with Crippen LogP contribution in [0.1, 0.15) is 63.0 Å². The molecule has 1 fully saturated rings. The number of nitrogens with zero attached hydrogens (tertiary/aromatic N) is 1. The van der Waals surface area contributed by atoms with Crippen LogP contribution in [-0.2, 0) is 22.6 Å². The van der Waals surface area contributed by atoms with E-state index in [1.54, 1.807) is 31.3 Å².